The van der Waals surface area contributed by atoms with E-state index in [1.807, 2.05) is 26.1 Å². The van der Waals surface area contributed by atoms with Crippen LogP contribution in [0.3, 0.4) is 0 Å². The Kier molecular flexibility index (Phi) is 1.46. The molecule has 0 aliphatic carbocycles. The summed E-state index contributed by atoms with van der Waals surface area (Å²) >= 11 is 0. The molecule has 0 saturated heterocycles. The number of hydrogen-bond donors (Lipinski definition) is 0. The van der Waals surface area contributed by atoms with Crippen LogP contribution < -0.4 is 0 Å². The van der Waals surface area contributed by atoms with Crippen LogP contribution in [0.1, 0.15) is 5.76 Å². The summed E-state index contributed by atoms with van der Waals surface area (Å²) < 4.78 is 7.09. The van der Waals surface area contributed by atoms with E-state index in [1.165, 1.54) is 0 Å². The van der Waals surface area contributed by atoms with Gasteiger partial charge in [0, 0.05) is 7.05 Å². The van der Waals surface area contributed by atoms with Crippen molar-refractivity contribution in [3.63, 3.8) is 0 Å². The number of rotatable bonds is 1. The van der Waals surface area contributed by atoms with Crippen molar-refractivity contribution in [3.8, 4) is 11.5 Å². The maximum Gasteiger partial charge on any atom is 0.153 e. The molecule has 4 nitrogen and oxygen atoms in total. The van der Waals surface area contributed by atoms with Crippen LogP contribution >= 0.6 is 0 Å². The van der Waals surface area contributed by atoms with E-state index in [-0.39, 0.29) is 0 Å². The lowest BCUT2D eigenvalue weighted by atomic mass is 10.3. The minimum Gasteiger partial charge on any atom is -0.460 e. The van der Waals surface area contributed by atoms with Crippen LogP contribution in [0, 0.1) is 6.92 Å². The van der Waals surface area contributed by atoms with Gasteiger partial charge in [-0.15, -0.1) is 5.10 Å². The lowest BCUT2D eigenvalue weighted by Gasteiger charge is -1.93. The fourth-order valence-electron chi connectivity index (χ4n) is 1.08. The van der Waals surface area contributed by atoms with Crippen LogP contribution in [-0.2, 0) is 7.05 Å². The highest BCUT2D eigenvalue weighted by Crippen LogP contribution is 2.19. The predicted molar refractivity (Wildman–Crippen MR) is 43.4 cm³/mol. The van der Waals surface area contributed by atoms with Gasteiger partial charge in [0.25, 0.3) is 0 Å². The van der Waals surface area contributed by atoms with Crippen molar-refractivity contribution < 1.29 is 4.42 Å². The molecule has 0 amide bonds. The average molecular weight is 163 g/mol. The second kappa shape index (κ2) is 2.48. The Morgan fingerprint density at radius 1 is 1.42 bits per heavy atom. The van der Waals surface area contributed by atoms with Gasteiger partial charge in [-0.3, -0.25) is 0 Å². The molecule has 0 aliphatic heterocycles. The van der Waals surface area contributed by atoms with Gasteiger partial charge in [-0.25, -0.2) is 4.68 Å². The highest BCUT2D eigenvalue weighted by atomic mass is 16.3. The number of aromatic nitrogens is 3. The van der Waals surface area contributed by atoms with Crippen molar-refractivity contribution in [1.82, 2.24) is 15.0 Å². The first-order valence-electron chi connectivity index (χ1n) is 3.69. The van der Waals surface area contributed by atoms with E-state index < -0.39 is 0 Å². The molecule has 4 heteroatoms. The van der Waals surface area contributed by atoms with Crippen molar-refractivity contribution >= 4 is 0 Å². The minimum absolute atomic E-state index is 0.806. The van der Waals surface area contributed by atoms with Gasteiger partial charge in [-0.1, -0.05) is 5.21 Å². The number of hydrogen-bond acceptors (Lipinski definition) is 3. The normalized spacial score (nSPS) is 10.5. The quantitative estimate of drug-likeness (QED) is 0.638. The molecule has 2 aromatic rings. The summed E-state index contributed by atoms with van der Waals surface area (Å²) in [6, 6.07) is 3.83. The fraction of sp³-hybridized carbons (Fsp3) is 0.250. The molecule has 0 bridgehead atoms. The van der Waals surface area contributed by atoms with E-state index in [1.54, 1.807) is 10.9 Å². The highest BCUT2D eigenvalue weighted by Gasteiger charge is 2.06. The van der Waals surface area contributed by atoms with Crippen LogP contribution in [0.4, 0.5) is 0 Å². The summed E-state index contributed by atoms with van der Waals surface area (Å²) in [6.07, 6.45) is 1.68. The van der Waals surface area contributed by atoms with Crippen LogP contribution in [0.5, 0.6) is 0 Å². The molecule has 0 radical (unpaired) electrons. The van der Waals surface area contributed by atoms with Gasteiger partial charge in [0.2, 0.25) is 0 Å². The summed E-state index contributed by atoms with van der Waals surface area (Å²) in [5, 5.41) is 7.57. The van der Waals surface area contributed by atoms with Crippen molar-refractivity contribution in [3.05, 3.63) is 24.1 Å². The summed E-state index contributed by atoms with van der Waals surface area (Å²) in [7, 11) is 1.83. The molecular weight excluding hydrogens is 154 g/mol. The smallest absolute Gasteiger partial charge is 0.153 e. The number of furan rings is 1. The van der Waals surface area contributed by atoms with Gasteiger partial charge < -0.3 is 4.42 Å². The lowest BCUT2D eigenvalue weighted by molar-refractivity contribution is 0.541. The SMILES string of the molecule is Cc1ccc(-c2cnnn2C)o1. The molecule has 2 rings (SSSR count). The Labute approximate surface area is 69.8 Å². The first kappa shape index (κ1) is 7.09. The van der Waals surface area contributed by atoms with Crippen molar-refractivity contribution in [1.29, 1.82) is 0 Å². The van der Waals surface area contributed by atoms with Gasteiger partial charge in [0.1, 0.15) is 11.5 Å². The Balaban J connectivity index is 2.50. The van der Waals surface area contributed by atoms with Crippen molar-refractivity contribution in [2.75, 3.05) is 0 Å². The standard InChI is InChI=1S/C8H9N3O/c1-6-3-4-8(12-6)7-5-9-10-11(7)2/h3-5H,1-2H3. The van der Waals surface area contributed by atoms with E-state index in [2.05, 4.69) is 10.3 Å². The maximum atomic E-state index is 5.41. The number of nitrogens with zero attached hydrogens (tertiary/aromatic N) is 3. The van der Waals surface area contributed by atoms with Crippen LogP contribution in [0.25, 0.3) is 11.5 Å². The zero-order chi connectivity index (χ0) is 8.55. The molecule has 0 atom stereocenters. The number of aryl methyl sites for hydroxylation is 2. The second-order valence-electron chi connectivity index (χ2n) is 2.65. The molecule has 2 heterocycles. The van der Waals surface area contributed by atoms with Gasteiger partial charge in [-0.05, 0) is 19.1 Å². The van der Waals surface area contributed by atoms with Crippen LogP contribution in [0.2, 0.25) is 0 Å². The topological polar surface area (TPSA) is 43.9 Å². The fourth-order valence-corrected chi connectivity index (χ4v) is 1.08. The lowest BCUT2D eigenvalue weighted by Crippen LogP contribution is -1.92. The summed E-state index contributed by atoms with van der Waals surface area (Å²) in [5.41, 5.74) is 0.892. The first-order valence-corrected chi connectivity index (χ1v) is 3.69. The third-order valence-electron chi connectivity index (χ3n) is 1.71. The molecular formula is C8H9N3O. The van der Waals surface area contributed by atoms with Crippen LogP contribution in [0.15, 0.2) is 22.7 Å². The zero-order valence-electron chi connectivity index (χ0n) is 6.98. The summed E-state index contributed by atoms with van der Waals surface area (Å²) in [5.74, 6) is 1.70. The molecule has 0 aromatic carbocycles. The molecule has 62 valence electrons. The third kappa shape index (κ3) is 1.01. The third-order valence-corrected chi connectivity index (χ3v) is 1.71. The average Bonchev–Trinajstić information content (AvgIpc) is 2.58. The molecule has 0 aliphatic rings. The van der Waals surface area contributed by atoms with Gasteiger partial charge >= 0.3 is 0 Å². The Hall–Kier alpha value is -1.58. The Morgan fingerprint density at radius 2 is 2.25 bits per heavy atom. The molecule has 0 spiro atoms. The molecule has 0 fully saturated rings. The van der Waals surface area contributed by atoms with Gasteiger partial charge in [0.05, 0.1) is 6.20 Å². The van der Waals surface area contributed by atoms with E-state index in [9.17, 15) is 0 Å². The Morgan fingerprint density at radius 3 is 2.75 bits per heavy atom. The zero-order valence-corrected chi connectivity index (χ0v) is 6.98. The van der Waals surface area contributed by atoms with E-state index >= 15 is 0 Å². The largest absolute Gasteiger partial charge is 0.460 e. The monoisotopic (exact) mass is 163 g/mol. The minimum atomic E-state index is 0.806. The maximum absolute atomic E-state index is 5.41. The molecule has 0 unspecified atom stereocenters. The van der Waals surface area contributed by atoms with Crippen molar-refractivity contribution in [2.24, 2.45) is 7.05 Å². The van der Waals surface area contributed by atoms with E-state index in [0.29, 0.717) is 0 Å². The van der Waals surface area contributed by atoms with Crippen molar-refractivity contribution in [2.45, 2.75) is 6.92 Å². The predicted octanol–water partition coefficient (Wildman–Crippen LogP) is 1.38. The molecule has 0 N–H and O–H groups in total. The van der Waals surface area contributed by atoms with E-state index in [0.717, 1.165) is 17.2 Å². The molecule has 0 saturated carbocycles. The van der Waals surface area contributed by atoms with Gasteiger partial charge in [0.15, 0.2) is 5.76 Å². The first-order chi connectivity index (χ1) is 5.77. The van der Waals surface area contributed by atoms with E-state index in [4.69, 9.17) is 4.42 Å². The van der Waals surface area contributed by atoms with Crippen LogP contribution in [-0.4, -0.2) is 15.0 Å². The second-order valence-corrected chi connectivity index (χ2v) is 2.65. The highest BCUT2D eigenvalue weighted by molar-refractivity contribution is 5.50. The molecule has 12 heavy (non-hydrogen) atoms. The Bertz CT molecular complexity index is 388. The summed E-state index contributed by atoms with van der Waals surface area (Å²) in [6.45, 7) is 1.91. The van der Waals surface area contributed by atoms with Gasteiger partial charge in [-0.2, -0.15) is 0 Å². The molecule has 2 aromatic heterocycles. The summed E-state index contributed by atoms with van der Waals surface area (Å²) in [4.78, 5) is 0.